The molecule has 0 saturated carbocycles. The van der Waals surface area contributed by atoms with E-state index in [1.165, 1.54) is 5.56 Å². The van der Waals surface area contributed by atoms with Crippen molar-refractivity contribution in [2.45, 2.75) is 32.1 Å². The second-order valence-electron chi connectivity index (χ2n) is 10.4. The van der Waals surface area contributed by atoms with E-state index < -0.39 is 6.04 Å². The maximum atomic E-state index is 13.9. The lowest BCUT2D eigenvalue weighted by molar-refractivity contribution is 0.193. The number of aromatic nitrogens is 5. The first kappa shape index (κ1) is 28.3. The lowest BCUT2D eigenvalue weighted by Crippen LogP contribution is -2.35. The minimum atomic E-state index is -0.596. The molecule has 9 heteroatoms. The average Bonchev–Trinajstić information content (AvgIpc) is 3.50. The van der Waals surface area contributed by atoms with Gasteiger partial charge in [0.25, 0.3) is 5.56 Å². The van der Waals surface area contributed by atoms with Crippen LogP contribution >= 0.6 is 11.6 Å². The third-order valence-electron chi connectivity index (χ3n) is 7.56. The van der Waals surface area contributed by atoms with Crippen molar-refractivity contribution >= 4 is 22.5 Å². The molecule has 0 aliphatic heterocycles. The van der Waals surface area contributed by atoms with E-state index in [-0.39, 0.29) is 5.56 Å². The average molecular weight is 591 g/mol. The van der Waals surface area contributed by atoms with E-state index >= 15 is 0 Å². The van der Waals surface area contributed by atoms with Crippen molar-refractivity contribution in [1.29, 1.82) is 0 Å². The number of nitrogens with zero attached hydrogens (tertiary/aromatic N) is 5. The van der Waals surface area contributed by atoms with Gasteiger partial charge in [-0.05, 0) is 63.9 Å². The number of fused-ring (bicyclic) bond motifs is 1. The standard InChI is InChI=1S/C34H31ClN6O2/c1-43-28-16-17-31-27(20-28)21-29(34(42)36-31)32(33-37-38-39-41(33)19-18-24-10-4-2-5-11-24)40(22-25-12-6-3-7-13-25)23-26-14-8-9-15-30(26)35/h2-17,20-21,32H,18-19,22-23H2,1H3,(H,36,42). The first-order valence-electron chi connectivity index (χ1n) is 14.1. The number of aryl methyl sites for hydroxylation is 2. The van der Waals surface area contributed by atoms with E-state index in [9.17, 15) is 4.79 Å². The summed E-state index contributed by atoms with van der Waals surface area (Å²) in [5, 5.41) is 14.5. The number of hydrogen-bond acceptors (Lipinski definition) is 6. The van der Waals surface area contributed by atoms with Crippen molar-refractivity contribution in [3.8, 4) is 5.75 Å². The molecule has 0 fully saturated rings. The molecule has 4 aromatic carbocycles. The molecule has 2 heterocycles. The van der Waals surface area contributed by atoms with Gasteiger partial charge in [0.15, 0.2) is 5.82 Å². The monoisotopic (exact) mass is 590 g/mol. The Kier molecular flexibility index (Phi) is 8.58. The lowest BCUT2D eigenvalue weighted by atomic mass is 10.0. The highest BCUT2D eigenvalue weighted by Gasteiger charge is 2.31. The first-order valence-corrected chi connectivity index (χ1v) is 14.5. The Morgan fingerprint density at radius 3 is 2.35 bits per heavy atom. The van der Waals surface area contributed by atoms with Crippen molar-refractivity contribution in [3.05, 3.63) is 153 Å². The summed E-state index contributed by atoms with van der Waals surface area (Å²) in [4.78, 5) is 19.2. The molecule has 0 amide bonds. The van der Waals surface area contributed by atoms with Gasteiger partial charge in [0.05, 0.1) is 7.11 Å². The number of methoxy groups -OCH3 is 1. The van der Waals surface area contributed by atoms with Crippen LogP contribution in [0, 0.1) is 0 Å². The summed E-state index contributed by atoms with van der Waals surface area (Å²) in [6, 6.07) is 35.1. The minimum absolute atomic E-state index is 0.211. The largest absolute Gasteiger partial charge is 0.497 e. The van der Waals surface area contributed by atoms with Crippen LogP contribution in [0.3, 0.4) is 0 Å². The number of nitrogens with one attached hydrogen (secondary N) is 1. The Labute approximate surface area is 254 Å². The van der Waals surface area contributed by atoms with Crippen LogP contribution in [0.4, 0.5) is 0 Å². The highest BCUT2D eigenvalue weighted by atomic mass is 35.5. The number of ether oxygens (including phenoxy) is 1. The fourth-order valence-corrected chi connectivity index (χ4v) is 5.57. The molecule has 1 N–H and O–H groups in total. The van der Waals surface area contributed by atoms with Crippen LogP contribution in [0.5, 0.6) is 5.75 Å². The number of tetrazole rings is 1. The van der Waals surface area contributed by atoms with Crippen LogP contribution in [0.1, 0.15) is 34.1 Å². The fourth-order valence-electron chi connectivity index (χ4n) is 5.38. The Morgan fingerprint density at radius 1 is 0.884 bits per heavy atom. The maximum absolute atomic E-state index is 13.9. The second-order valence-corrected chi connectivity index (χ2v) is 10.8. The van der Waals surface area contributed by atoms with Crippen LogP contribution in [0.15, 0.2) is 114 Å². The molecule has 6 rings (SSSR count). The van der Waals surface area contributed by atoms with E-state index in [4.69, 9.17) is 16.3 Å². The number of halogens is 1. The smallest absolute Gasteiger partial charge is 0.253 e. The van der Waals surface area contributed by atoms with E-state index in [1.54, 1.807) is 11.8 Å². The van der Waals surface area contributed by atoms with Gasteiger partial charge in [0.1, 0.15) is 11.8 Å². The zero-order valence-electron chi connectivity index (χ0n) is 23.7. The van der Waals surface area contributed by atoms with Crippen LogP contribution < -0.4 is 10.3 Å². The predicted octanol–water partition coefficient (Wildman–Crippen LogP) is 6.21. The number of aromatic amines is 1. The molecule has 2 aromatic heterocycles. The molecular formula is C34H31ClN6O2. The number of hydrogen-bond donors (Lipinski definition) is 1. The number of H-pyrrole nitrogens is 1. The molecule has 0 bridgehead atoms. The van der Waals surface area contributed by atoms with Gasteiger partial charge < -0.3 is 9.72 Å². The van der Waals surface area contributed by atoms with Gasteiger partial charge >= 0.3 is 0 Å². The molecule has 1 unspecified atom stereocenters. The van der Waals surface area contributed by atoms with Gasteiger partial charge in [-0.15, -0.1) is 5.10 Å². The molecule has 6 aromatic rings. The Balaban J connectivity index is 1.50. The van der Waals surface area contributed by atoms with Crippen LogP contribution in [-0.2, 0) is 26.1 Å². The van der Waals surface area contributed by atoms with Crippen molar-refractivity contribution in [2.24, 2.45) is 0 Å². The van der Waals surface area contributed by atoms with Gasteiger partial charge in [0, 0.05) is 41.1 Å². The topological polar surface area (TPSA) is 88.9 Å². The van der Waals surface area contributed by atoms with Crippen LogP contribution in [0.25, 0.3) is 10.9 Å². The van der Waals surface area contributed by atoms with Gasteiger partial charge in [-0.25, -0.2) is 4.68 Å². The molecule has 0 aliphatic carbocycles. The van der Waals surface area contributed by atoms with E-state index in [1.807, 2.05) is 84.9 Å². The quantitative estimate of drug-likeness (QED) is 0.193. The summed E-state index contributed by atoms with van der Waals surface area (Å²) in [7, 11) is 1.63. The Morgan fingerprint density at radius 2 is 1.60 bits per heavy atom. The van der Waals surface area contributed by atoms with E-state index in [0.717, 1.165) is 28.5 Å². The fraction of sp³-hybridized carbons (Fsp3) is 0.176. The molecule has 216 valence electrons. The number of benzene rings is 4. The number of pyridine rings is 1. The summed E-state index contributed by atoms with van der Waals surface area (Å²) in [6.45, 7) is 1.53. The molecule has 43 heavy (non-hydrogen) atoms. The first-order chi connectivity index (χ1) is 21.1. The van der Waals surface area contributed by atoms with Gasteiger partial charge in [-0.3, -0.25) is 9.69 Å². The molecule has 0 spiro atoms. The lowest BCUT2D eigenvalue weighted by Gasteiger charge is -2.31. The zero-order chi connectivity index (χ0) is 29.6. The Hall–Kier alpha value is -4.79. The highest BCUT2D eigenvalue weighted by molar-refractivity contribution is 6.31. The molecule has 0 radical (unpaired) electrons. The van der Waals surface area contributed by atoms with Crippen LogP contribution in [-0.4, -0.2) is 37.2 Å². The summed E-state index contributed by atoms with van der Waals surface area (Å²) < 4.78 is 7.29. The Bertz CT molecular complexity index is 1870. The highest BCUT2D eigenvalue weighted by Crippen LogP contribution is 2.32. The second kappa shape index (κ2) is 13.0. The third-order valence-corrected chi connectivity index (χ3v) is 7.93. The minimum Gasteiger partial charge on any atom is -0.497 e. The van der Waals surface area contributed by atoms with Crippen LogP contribution in [0.2, 0.25) is 5.02 Å². The van der Waals surface area contributed by atoms with Crippen molar-refractivity contribution < 1.29 is 4.74 Å². The molecule has 0 saturated heterocycles. The van der Waals surface area contributed by atoms with Crippen molar-refractivity contribution in [1.82, 2.24) is 30.1 Å². The summed E-state index contributed by atoms with van der Waals surface area (Å²) in [6.07, 6.45) is 0.736. The number of rotatable bonds is 11. The van der Waals surface area contributed by atoms with Crippen molar-refractivity contribution in [3.63, 3.8) is 0 Å². The van der Waals surface area contributed by atoms with Crippen molar-refractivity contribution in [2.75, 3.05) is 7.11 Å². The van der Waals surface area contributed by atoms with Gasteiger partial charge in [-0.1, -0.05) is 90.5 Å². The third kappa shape index (κ3) is 6.51. The summed E-state index contributed by atoms with van der Waals surface area (Å²) in [5.41, 5.74) is 4.23. The predicted molar refractivity (Wildman–Crippen MR) is 168 cm³/mol. The van der Waals surface area contributed by atoms with Gasteiger partial charge in [0.2, 0.25) is 0 Å². The molecule has 0 aliphatic rings. The normalized spacial score (nSPS) is 12.1. The van der Waals surface area contributed by atoms with Gasteiger partial charge in [-0.2, -0.15) is 0 Å². The zero-order valence-corrected chi connectivity index (χ0v) is 24.5. The summed E-state index contributed by atoms with van der Waals surface area (Å²) >= 11 is 6.68. The van der Waals surface area contributed by atoms with E-state index in [2.05, 4.69) is 49.7 Å². The van der Waals surface area contributed by atoms with E-state index in [0.29, 0.717) is 41.8 Å². The summed E-state index contributed by atoms with van der Waals surface area (Å²) in [5.74, 6) is 1.28. The molecule has 1 atom stereocenters. The SMILES string of the molecule is COc1ccc2[nH]c(=O)c(C(c3nnnn3CCc3ccccc3)N(Cc3ccccc3)Cc3ccccc3Cl)cc2c1. The maximum Gasteiger partial charge on any atom is 0.253 e. The molecule has 8 nitrogen and oxygen atoms in total. The molecular weight excluding hydrogens is 560 g/mol.